The van der Waals surface area contributed by atoms with E-state index in [2.05, 4.69) is 10.6 Å². The van der Waals surface area contributed by atoms with E-state index in [1.165, 1.54) is 7.05 Å². The topological polar surface area (TPSA) is 105 Å². The third-order valence-corrected chi connectivity index (χ3v) is 3.65. The maximum absolute atomic E-state index is 12.3. The second kappa shape index (κ2) is 6.05. The fourth-order valence-electron chi connectivity index (χ4n) is 2.17. The predicted molar refractivity (Wildman–Crippen MR) is 78.7 cm³/mol. The van der Waals surface area contributed by atoms with Crippen LogP contribution in [0.4, 0.5) is 5.69 Å². The number of ether oxygens (including phenoxy) is 1. The quantitative estimate of drug-likeness (QED) is 0.678. The molecule has 0 aliphatic heterocycles. The summed E-state index contributed by atoms with van der Waals surface area (Å²) >= 11 is 0. The Kier molecular flexibility index (Phi) is 4.35. The van der Waals surface area contributed by atoms with Crippen LogP contribution < -0.4 is 15.4 Å². The Morgan fingerprint density at radius 3 is 2.45 bits per heavy atom. The summed E-state index contributed by atoms with van der Waals surface area (Å²) in [5, 5.41) is 13.8. The number of hydrogen-bond donors (Lipinski definition) is 3. The SMILES string of the molecule is CNC(=O)C1(C(=O)Nc2ccc(OCC(=O)O)cc2C)CC1. The molecule has 1 fully saturated rings. The molecule has 0 bridgehead atoms. The van der Waals surface area contributed by atoms with Gasteiger partial charge in [0.25, 0.3) is 0 Å². The average Bonchev–Trinajstić information content (AvgIpc) is 3.28. The summed E-state index contributed by atoms with van der Waals surface area (Å²) in [5.74, 6) is -1.25. The van der Waals surface area contributed by atoms with Gasteiger partial charge in [-0.05, 0) is 43.5 Å². The van der Waals surface area contributed by atoms with Gasteiger partial charge in [0.2, 0.25) is 11.8 Å². The Morgan fingerprint density at radius 1 is 1.27 bits per heavy atom. The first-order valence-corrected chi connectivity index (χ1v) is 6.88. The Balaban J connectivity index is 2.06. The second-order valence-electron chi connectivity index (χ2n) is 5.27. The zero-order valence-electron chi connectivity index (χ0n) is 12.4. The van der Waals surface area contributed by atoms with Gasteiger partial charge >= 0.3 is 5.97 Å². The standard InChI is InChI=1S/C15H18N2O5/c1-9-7-10(22-8-12(18)19)3-4-11(9)17-14(21)15(5-6-15)13(20)16-2/h3-4,7H,5-6,8H2,1-2H3,(H,16,20)(H,17,21)(H,18,19). The number of carboxylic acid groups (broad SMARTS) is 1. The van der Waals surface area contributed by atoms with Crippen LogP contribution in [0.15, 0.2) is 18.2 Å². The summed E-state index contributed by atoms with van der Waals surface area (Å²) in [7, 11) is 1.51. The van der Waals surface area contributed by atoms with Crippen molar-refractivity contribution in [2.75, 3.05) is 19.0 Å². The summed E-state index contributed by atoms with van der Waals surface area (Å²) < 4.78 is 5.07. The highest BCUT2D eigenvalue weighted by Crippen LogP contribution is 2.46. The number of nitrogens with one attached hydrogen (secondary N) is 2. The van der Waals surface area contributed by atoms with Crippen molar-refractivity contribution in [1.29, 1.82) is 0 Å². The smallest absolute Gasteiger partial charge is 0.341 e. The van der Waals surface area contributed by atoms with E-state index >= 15 is 0 Å². The van der Waals surface area contributed by atoms with Crippen LogP contribution in [0.25, 0.3) is 0 Å². The second-order valence-corrected chi connectivity index (χ2v) is 5.27. The Bertz CT molecular complexity index is 622. The van der Waals surface area contributed by atoms with E-state index in [4.69, 9.17) is 9.84 Å². The molecule has 1 aromatic carbocycles. The first-order valence-electron chi connectivity index (χ1n) is 6.88. The lowest BCUT2D eigenvalue weighted by molar-refractivity contribution is -0.139. The highest BCUT2D eigenvalue weighted by molar-refractivity contribution is 6.13. The summed E-state index contributed by atoms with van der Waals surface area (Å²) in [6, 6.07) is 4.84. The highest BCUT2D eigenvalue weighted by atomic mass is 16.5. The molecule has 0 radical (unpaired) electrons. The van der Waals surface area contributed by atoms with Crippen molar-refractivity contribution in [1.82, 2.24) is 5.32 Å². The summed E-state index contributed by atoms with van der Waals surface area (Å²) in [6.07, 6.45) is 1.08. The molecule has 0 spiro atoms. The number of anilines is 1. The molecular formula is C15H18N2O5. The maximum Gasteiger partial charge on any atom is 0.341 e. The molecule has 7 heteroatoms. The number of carbonyl (C=O) groups excluding carboxylic acids is 2. The van der Waals surface area contributed by atoms with Gasteiger partial charge in [0.15, 0.2) is 6.61 Å². The number of carboxylic acids is 1. The van der Waals surface area contributed by atoms with Crippen molar-refractivity contribution in [3.05, 3.63) is 23.8 Å². The van der Waals surface area contributed by atoms with Gasteiger partial charge in [0, 0.05) is 12.7 Å². The molecule has 1 aliphatic rings. The van der Waals surface area contributed by atoms with E-state index in [0.717, 1.165) is 5.56 Å². The molecule has 0 heterocycles. The molecule has 1 saturated carbocycles. The van der Waals surface area contributed by atoms with Gasteiger partial charge in [0.05, 0.1) is 0 Å². The molecule has 22 heavy (non-hydrogen) atoms. The van der Waals surface area contributed by atoms with E-state index in [9.17, 15) is 14.4 Å². The molecule has 118 valence electrons. The highest BCUT2D eigenvalue weighted by Gasteiger charge is 2.56. The zero-order valence-corrected chi connectivity index (χ0v) is 12.4. The van der Waals surface area contributed by atoms with Gasteiger partial charge in [-0.1, -0.05) is 0 Å². The normalized spacial score (nSPS) is 14.8. The van der Waals surface area contributed by atoms with Crippen molar-refractivity contribution < 1.29 is 24.2 Å². The third-order valence-electron chi connectivity index (χ3n) is 3.65. The van der Waals surface area contributed by atoms with E-state index in [0.29, 0.717) is 24.3 Å². The Morgan fingerprint density at radius 2 is 1.95 bits per heavy atom. The Hall–Kier alpha value is -2.57. The van der Waals surface area contributed by atoms with Crippen molar-refractivity contribution in [3.63, 3.8) is 0 Å². The molecule has 2 rings (SSSR count). The fraction of sp³-hybridized carbons (Fsp3) is 0.400. The number of amides is 2. The van der Waals surface area contributed by atoms with Gasteiger partial charge in [-0.2, -0.15) is 0 Å². The summed E-state index contributed by atoms with van der Waals surface area (Å²) in [4.78, 5) is 34.5. The van der Waals surface area contributed by atoms with Crippen molar-refractivity contribution >= 4 is 23.5 Å². The predicted octanol–water partition coefficient (Wildman–Crippen LogP) is 0.923. The molecule has 0 aromatic heterocycles. The van der Waals surface area contributed by atoms with Gasteiger partial charge < -0.3 is 20.5 Å². The maximum atomic E-state index is 12.3. The minimum Gasteiger partial charge on any atom is -0.482 e. The third kappa shape index (κ3) is 3.19. The zero-order chi connectivity index (χ0) is 16.3. The largest absolute Gasteiger partial charge is 0.482 e. The first kappa shape index (κ1) is 15.8. The molecule has 0 saturated heterocycles. The lowest BCUT2D eigenvalue weighted by Crippen LogP contribution is -2.38. The van der Waals surface area contributed by atoms with Gasteiger partial charge in [-0.25, -0.2) is 4.79 Å². The molecule has 7 nitrogen and oxygen atoms in total. The number of aryl methyl sites for hydroxylation is 1. The molecule has 1 aliphatic carbocycles. The van der Waals surface area contributed by atoms with Crippen LogP contribution in [0.2, 0.25) is 0 Å². The summed E-state index contributed by atoms with van der Waals surface area (Å²) in [6.45, 7) is 1.34. The number of carbonyl (C=O) groups is 3. The van der Waals surface area contributed by atoms with Gasteiger partial charge in [-0.15, -0.1) is 0 Å². The van der Waals surface area contributed by atoms with E-state index in [-0.39, 0.29) is 11.8 Å². The monoisotopic (exact) mass is 306 g/mol. The average molecular weight is 306 g/mol. The van der Waals surface area contributed by atoms with Crippen molar-refractivity contribution in [3.8, 4) is 5.75 Å². The number of rotatable bonds is 6. The molecule has 2 amide bonds. The van der Waals surface area contributed by atoms with Crippen molar-refractivity contribution in [2.45, 2.75) is 19.8 Å². The summed E-state index contributed by atoms with van der Waals surface area (Å²) in [5.41, 5.74) is 0.339. The van der Waals surface area contributed by atoms with Crippen LogP contribution in [0.5, 0.6) is 5.75 Å². The van der Waals surface area contributed by atoms with E-state index in [1.54, 1.807) is 25.1 Å². The van der Waals surface area contributed by atoms with Crippen LogP contribution in [0.3, 0.4) is 0 Å². The minimum absolute atomic E-state index is 0.274. The molecule has 1 aromatic rings. The van der Waals surface area contributed by atoms with Gasteiger partial charge in [-0.3, -0.25) is 9.59 Å². The Labute approximate surface area is 127 Å². The number of aliphatic carboxylic acids is 1. The van der Waals surface area contributed by atoms with Crippen LogP contribution >= 0.6 is 0 Å². The molecular weight excluding hydrogens is 288 g/mol. The number of hydrogen-bond acceptors (Lipinski definition) is 4. The van der Waals surface area contributed by atoms with Crippen LogP contribution in [-0.2, 0) is 14.4 Å². The van der Waals surface area contributed by atoms with Crippen LogP contribution in [0.1, 0.15) is 18.4 Å². The molecule has 0 unspecified atom stereocenters. The van der Waals surface area contributed by atoms with Crippen LogP contribution in [0, 0.1) is 12.3 Å². The van der Waals surface area contributed by atoms with E-state index < -0.39 is 18.0 Å². The lowest BCUT2D eigenvalue weighted by atomic mass is 10.0. The number of benzene rings is 1. The fourth-order valence-corrected chi connectivity index (χ4v) is 2.17. The van der Waals surface area contributed by atoms with E-state index in [1.807, 2.05) is 0 Å². The molecule has 0 atom stereocenters. The van der Waals surface area contributed by atoms with Crippen LogP contribution in [-0.4, -0.2) is 36.5 Å². The lowest BCUT2D eigenvalue weighted by Gasteiger charge is -2.15. The first-order chi connectivity index (χ1) is 10.4. The van der Waals surface area contributed by atoms with Crippen molar-refractivity contribution in [2.24, 2.45) is 5.41 Å². The minimum atomic E-state index is -1.06. The van der Waals surface area contributed by atoms with Gasteiger partial charge in [0.1, 0.15) is 11.2 Å². The molecule has 3 N–H and O–H groups in total.